The molecule has 1 aliphatic rings. The normalized spacial score (nSPS) is 17.7. The molecule has 1 N–H and O–H groups in total. The summed E-state index contributed by atoms with van der Waals surface area (Å²) in [5, 5.41) is 0. The highest BCUT2D eigenvalue weighted by Gasteiger charge is 2.36. The molecule has 1 amide bonds. The number of sulfonamides is 2. The van der Waals surface area contributed by atoms with Crippen LogP contribution in [0.4, 0.5) is 5.69 Å². The molecule has 1 heterocycles. The fraction of sp³-hybridized carbons (Fsp3) is 0.308. The van der Waals surface area contributed by atoms with E-state index in [2.05, 4.69) is 11.3 Å². The fourth-order valence-electron chi connectivity index (χ4n) is 2.12. The summed E-state index contributed by atoms with van der Waals surface area (Å²) in [6.45, 7) is 5.07. The summed E-state index contributed by atoms with van der Waals surface area (Å²) in [4.78, 5) is 11.7. The molecule has 120 valence electrons. The molecule has 0 bridgehead atoms. The summed E-state index contributed by atoms with van der Waals surface area (Å²) in [6.07, 6.45) is 1.29. The third kappa shape index (κ3) is 3.06. The molecule has 1 aromatic rings. The maximum Gasteiger partial charge on any atom is 0.242 e. The van der Waals surface area contributed by atoms with Gasteiger partial charge in [0.05, 0.1) is 16.3 Å². The van der Waals surface area contributed by atoms with Crippen LogP contribution in [-0.2, 0) is 24.8 Å². The van der Waals surface area contributed by atoms with Crippen LogP contribution in [0.5, 0.6) is 0 Å². The Labute approximate surface area is 129 Å². The maximum absolute atomic E-state index is 12.2. The van der Waals surface area contributed by atoms with Crippen LogP contribution in [0, 0.1) is 6.92 Å². The molecule has 1 aliphatic heterocycles. The zero-order valence-corrected chi connectivity index (χ0v) is 13.6. The third-order valence-electron chi connectivity index (χ3n) is 3.19. The Hall–Kier alpha value is -1.71. The van der Waals surface area contributed by atoms with Crippen LogP contribution < -0.4 is 9.03 Å². The van der Waals surface area contributed by atoms with E-state index >= 15 is 0 Å². The Morgan fingerprint density at radius 2 is 2.09 bits per heavy atom. The van der Waals surface area contributed by atoms with Crippen molar-refractivity contribution in [3.05, 3.63) is 36.4 Å². The van der Waals surface area contributed by atoms with Gasteiger partial charge in [0.1, 0.15) is 0 Å². The topological polar surface area (TPSA) is 101 Å². The standard InChI is InChI=1S/C13H16N2O5S2/c1-3-7-14-22(19,20)12-9-11(5-4-10(12)2)15-13(16)6-8-21(15,17)18/h3-5,9,14H,1,6-8H2,2H3. The Bertz CT molecular complexity index is 828. The van der Waals surface area contributed by atoms with Gasteiger partial charge >= 0.3 is 0 Å². The SMILES string of the molecule is C=CCNS(=O)(=O)c1cc(N2C(=O)CCS2(=O)=O)ccc1C. The lowest BCUT2D eigenvalue weighted by Crippen LogP contribution is -2.30. The summed E-state index contributed by atoms with van der Waals surface area (Å²) in [7, 11) is -7.54. The number of anilines is 1. The highest BCUT2D eigenvalue weighted by atomic mass is 32.2. The molecule has 0 radical (unpaired) electrons. The molecule has 9 heteroatoms. The number of benzene rings is 1. The maximum atomic E-state index is 12.2. The van der Waals surface area contributed by atoms with E-state index in [0.29, 0.717) is 9.87 Å². The van der Waals surface area contributed by atoms with Gasteiger partial charge in [-0.15, -0.1) is 6.58 Å². The fourth-order valence-corrected chi connectivity index (χ4v) is 4.83. The van der Waals surface area contributed by atoms with Crippen molar-refractivity contribution in [3.63, 3.8) is 0 Å². The number of nitrogens with one attached hydrogen (secondary N) is 1. The highest BCUT2D eigenvalue weighted by molar-refractivity contribution is 7.94. The largest absolute Gasteiger partial charge is 0.273 e. The third-order valence-corrected chi connectivity index (χ3v) is 6.45. The first-order chi connectivity index (χ1) is 10.2. The summed E-state index contributed by atoms with van der Waals surface area (Å²) in [5.74, 6) is -0.831. The number of nitrogens with zero attached hydrogens (tertiary/aromatic N) is 1. The zero-order chi connectivity index (χ0) is 16.5. The molecule has 22 heavy (non-hydrogen) atoms. The smallest absolute Gasteiger partial charge is 0.242 e. The number of carbonyl (C=O) groups excluding carboxylic acids is 1. The van der Waals surface area contributed by atoms with E-state index in [9.17, 15) is 21.6 Å². The van der Waals surface area contributed by atoms with Crippen LogP contribution in [-0.4, -0.2) is 35.0 Å². The predicted octanol–water partition coefficient (Wildman–Crippen LogP) is 0.526. The van der Waals surface area contributed by atoms with Crippen molar-refractivity contribution in [2.45, 2.75) is 18.2 Å². The van der Waals surface area contributed by atoms with Gasteiger partial charge < -0.3 is 0 Å². The molecule has 2 rings (SSSR count). The summed E-state index contributed by atoms with van der Waals surface area (Å²) in [6, 6.07) is 4.09. The van der Waals surface area contributed by atoms with E-state index in [-0.39, 0.29) is 29.3 Å². The van der Waals surface area contributed by atoms with Gasteiger partial charge in [-0.1, -0.05) is 12.1 Å². The average molecular weight is 344 g/mol. The van der Waals surface area contributed by atoms with Crippen molar-refractivity contribution in [2.24, 2.45) is 0 Å². The molecule has 0 atom stereocenters. The van der Waals surface area contributed by atoms with Crippen LogP contribution >= 0.6 is 0 Å². The Balaban J connectivity index is 2.52. The molecule has 7 nitrogen and oxygen atoms in total. The van der Waals surface area contributed by atoms with E-state index in [1.54, 1.807) is 6.92 Å². The molecule has 1 fully saturated rings. The van der Waals surface area contributed by atoms with Crippen molar-refractivity contribution in [3.8, 4) is 0 Å². The zero-order valence-electron chi connectivity index (χ0n) is 11.9. The highest BCUT2D eigenvalue weighted by Crippen LogP contribution is 2.28. The molecule has 0 aliphatic carbocycles. The molecular weight excluding hydrogens is 328 g/mol. The molecule has 1 aromatic carbocycles. The molecule has 0 spiro atoms. The van der Waals surface area contributed by atoms with Gasteiger partial charge in [-0.05, 0) is 24.6 Å². The lowest BCUT2D eigenvalue weighted by atomic mass is 10.2. The Morgan fingerprint density at radius 3 is 2.64 bits per heavy atom. The second-order valence-electron chi connectivity index (χ2n) is 4.81. The van der Waals surface area contributed by atoms with Crippen molar-refractivity contribution >= 4 is 31.6 Å². The van der Waals surface area contributed by atoms with Crippen LogP contribution in [0.15, 0.2) is 35.7 Å². The second-order valence-corrected chi connectivity index (χ2v) is 8.49. The summed E-state index contributed by atoms with van der Waals surface area (Å²) >= 11 is 0. The van der Waals surface area contributed by atoms with Crippen LogP contribution in [0.25, 0.3) is 0 Å². The predicted molar refractivity (Wildman–Crippen MR) is 82.5 cm³/mol. The number of rotatable bonds is 5. The summed E-state index contributed by atoms with van der Waals surface area (Å²) in [5.41, 5.74) is 0.483. The molecule has 0 saturated carbocycles. The average Bonchev–Trinajstić information content (AvgIpc) is 2.71. The minimum atomic E-state index is -3.81. The van der Waals surface area contributed by atoms with E-state index in [4.69, 9.17) is 0 Å². The second kappa shape index (κ2) is 5.82. The van der Waals surface area contributed by atoms with Gasteiger partial charge in [-0.2, -0.15) is 0 Å². The van der Waals surface area contributed by atoms with Crippen LogP contribution in [0.1, 0.15) is 12.0 Å². The minimum absolute atomic E-state index is 0.0343. The monoisotopic (exact) mass is 344 g/mol. The first kappa shape index (κ1) is 16.7. The van der Waals surface area contributed by atoms with E-state index in [1.165, 1.54) is 24.3 Å². The van der Waals surface area contributed by atoms with Gasteiger partial charge in [-0.25, -0.2) is 25.9 Å². The first-order valence-electron chi connectivity index (χ1n) is 6.46. The van der Waals surface area contributed by atoms with Gasteiger partial charge in [0.2, 0.25) is 26.0 Å². The van der Waals surface area contributed by atoms with Gasteiger partial charge in [0.15, 0.2) is 0 Å². The van der Waals surface area contributed by atoms with E-state index in [1.807, 2.05) is 0 Å². The minimum Gasteiger partial charge on any atom is -0.273 e. The molecule has 1 saturated heterocycles. The Kier molecular flexibility index (Phi) is 4.41. The number of hydrogen-bond acceptors (Lipinski definition) is 5. The van der Waals surface area contributed by atoms with Crippen LogP contribution in [0.2, 0.25) is 0 Å². The lowest BCUT2D eigenvalue weighted by Gasteiger charge is -2.17. The molecule has 0 aromatic heterocycles. The van der Waals surface area contributed by atoms with Crippen molar-refractivity contribution in [1.29, 1.82) is 0 Å². The van der Waals surface area contributed by atoms with E-state index < -0.39 is 26.0 Å². The van der Waals surface area contributed by atoms with Crippen molar-refractivity contribution < 1.29 is 21.6 Å². The van der Waals surface area contributed by atoms with Crippen molar-refractivity contribution in [1.82, 2.24) is 4.72 Å². The lowest BCUT2D eigenvalue weighted by molar-refractivity contribution is -0.116. The van der Waals surface area contributed by atoms with Gasteiger partial charge in [0, 0.05) is 13.0 Å². The summed E-state index contributed by atoms with van der Waals surface area (Å²) < 4.78 is 51.2. The van der Waals surface area contributed by atoms with Gasteiger partial charge in [-0.3, -0.25) is 4.79 Å². The molecule has 0 unspecified atom stereocenters. The van der Waals surface area contributed by atoms with Crippen molar-refractivity contribution in [2.75, 3.05) is 16.6 Å². The first-order valence-corrected chi connectivity index (χ1v) is 9.55. The Morgan fingerprint density at radius 1 is 1.41 bits per heavy atom. The number of carbonyl (C=O) groups is 1. The van der Waals surface area contributed by atoms with E-state index in [0.717, 1.165) is 0 Å². The van der Waals surface area contributed by atoms with Gasteiger partial charge in [0.25, 0.3) is 0 Å². The van der Waals surface area contributed by atoms with Crippen LogP contribution in [0.3, 0.4) is 0 Å². The number of amides is 1. The quantitative estimate of drug-likeness (QED) is 0.785. The number of hydrogen-bond donors (Lipinski definition) is 1. The molecular formula is C13H16N2O5S2. The number of aryl methyl sites for hydroxylation is 1.